The van der Waals surface area contributed by atoms with Gasteiger partial charge in [0.2, 0.25) is 0 Å². The van der Waals surface area contributed by atoms with E-state index in [4.69, 9.17) is 4.74 Å². The Kier molecular flexibility index (Phi) is 3.70. The molecule has 0 aliphatic carbocycles. The number of aromatic nitrogens is 1. The van der Waals surface area contributed by atoms with E-state index >= 15 is 0 Å². The quantitative estimate of drug-likeness (QED) is 0.851. The summed E-state index contributed by atoms with van der Waals surface area (Å²) in [5.41, 5.74) is 3.98. The van der Waals surface area contributed by atoms with Crippen molar-refractivity contribution in [1.29, 1.82) is 0 Å². The standard InChI is InChI=1S/C17H20N2O/c1-13(15-5-8-18-9-6-15)19(2)12-14-3-4-17-16(11-14)7-10-20-17/h3-6,8-9,11,13H,7,10,12H2,1-2H3/t13-/m1/s1. The van der Waals surface area contributed by atoms with E-state index in [-0.39, 0.29) is 0 Å². The first-order valence-corrected chi connectivity index (χ1v) is 7.09. The maximum Gasteiger partial charge on any atom is 0.122 e. The van der Waals surface area contributed by atoms with Crippen LogP contribution in [0.3, 0.4) is 0 Å². The summed E-state index contributed by atoms with van der Waals surface area (Å²) in [6, 6.07) is 11.1. The number of hydrogen-bond donors (Lipinski definition) is 0. The summed E-state index contributed by atoms with van der Waals surface area (Å²) in [5, 5.41) is 0. The van der Waals surface area contributed by atoms with Crippen molar-refractivity contribution in [3.8, 4) is 5.75 Å². The van der Waals surface area contributed by atoms with Crippen LogP contribution >= 0.6 is 0 Å². The fourth-order valence-corrected chi connectivity index (χ4v) is 2.66. The molecule has 0 saturated heterocycles. The van der Waals surface area contributed by atoms with Crippen LogP contribution in [0.25, 0.3) is 0 Å². The van der Waals surface area contributed by atoms with Crippen LogP contribution in [-0.4, -0.2) is 23.5 Å². The third-order valence-electron chi connectivity index (χ3n) is 4.04. The van der Waals surface area contributed by atoms with Gasteiger partial charge in [0.15, 0.2) is 0 Å². The molecule has 0 amide bonds. The molecule has 0 fully saturated rings. The Morgan fingerprint density at radius 3 is 2.85 bits per heavy atom. The fraction of sp³-hybridized carbons (Fsp3) is 0.353. The molecule has 20 heavy (non-hydrogen) atoms. The SMILES string of the molecule is C[C@H](c1ccncc1)N(C)Cc1ccc2c(c1)CCO2. The molecule has 1 aliphatic rings. The first-order chi connectivity index (χ1) is 9.74. The maximum absolute atomic E-state index is 5.55. The van der Waals surface area contributed by atoms with Crippen molar-refractivity contribution in [2.45, 2.75) is 25.9 Å². The van der Waals surface area contributed by atoms with Crippen molar-refractivity contribution in [1.82, 2.24) is 9.88 Å². The van der Waals surface area contributed by atoms with Gasteiger partial charge in [-0.2, -0.15) is 0 Å². The molecule has 104 valence electrons. The third-order valence-corrected chi connectivity index (χ3v) is 4.04. The van der Waals surface area contributed by atoms with Gasteiger partial charge >= 0.3 is 0 Å². The Hall–Kier alpha value is -1.87. The molecule has 0 spiro atoms. The predicted octanol–water partition coefficient (Wildman–Crippen LogP) is 3.21. The van der Waals surface area contributed by atoms with Crippen molar-refractivity contribution in [2.75, 3.05) is 13.7 Å². The lowest BCUT2D eigenvalue weighted by Gasteiger charge is -2.25. The molecule has 1 aromatic heterocycles. The third kappa shape index (κ3) is 2.68. The normalized spacial score (nSPS) is 14.9. The van der Waals surface area contributed by atoms with E-state index in [0.29, 0.717) is 6.04 Å². The highest BCUT2D eigenvalue weighted by molar-refractivity contribution is 5.39. The zero-order chi connectivity index (χ0) is 13.9. The van der Waals surface area contributed by atoms with E-state index in [1.807, 2.05) is 12.4 Å². The van der Waals surface area contributed by atoms with Crippen LogP contribution in [0.15, 0.2) is 42.7 Å². The molecule has 1 atom stereocenters. The monoisotopic (exact) mass is 268 g/mol. The lowest BCUT2D eigenvalue weighted by molar-refractivity contribution is 0.253. The van der Waals surface area contributed by atoms with Gasteiger partial charge in [-0.15, -0.1) is 0 Å². The average molecular weight is 268 g/mol. The highest BCUT2D eigenvalue weighted by Gasteiger charge is 2.15. The largest absolute Gasteiger partial charge is 0.493 e. The maximum atomic E-state index is 5.55. The van der Waals surface area contributed by atoms with Crippen molar-refractivity contribution in [3.63, 3.8) is 0 Å². The number of hydrogen-bond acceptors (Lipinski definition) is 3. The van der Waals surface area contributed by atoms with E-state index < -0.39 is 0 Å². The van der Waals surface area contributed by atoms with Crippen LogP contribution in [0.4, 0.5) is 0 Å². The molecule has 2 aromatic rings. The summed E-state index contributed by atoms with van der Waals surface area (Å²) >= 11 is 0. The molecule has 1 aliphatic heterocycles. The molecule has 2 heterocycles. The molecule has 0 N–H and O–H groups in total. The molecule has 0 saturated carbocycles. The van der Waals surface area contributed by atoms with Crippen molar-refractivity contribution in [2.24, 2.45) is 0 Å². The lowest BCUT2D eigenvalue weighted by atomic mass is 10.1. The first kappa shape index (κ1) is 13.1. The molecule has 0 radical (unpaired) electrons. The van der Waals surface area contributed by atoms with Crippen molar-refractivity contribution >= 4 is 0 Å². The van der Waals surface area contributed by atoms with Gasteiger partial charge in [-0.05, 0) is 48.9 Å². The average Bonchev–Trinajstić information content (AvgIpc) is 2.95. The second-order valence-electron chi connectivity index (χ2n) is 5.41. The summed E-state index contributed by atoms with van der Waals surface area (Å²) in [7, 11) is 2.16. The fourth-order valence-electron chi connectivity index (χ4n) is 2.66. The number of nitrogens with zero attached hydrogens (tertiary/aromatic N) is 2. The van der Waals surface area contributed by atoms with E-state index in [1.165, 1.54) is 16.7 Å². The van der Waals surface area contributed by atoms with Crippen LogP contribution in [0.2, 0.25) is 0 Å². The van der Waals surface area contributed by atoms with Crippen LogP contribution in [0.5, 0.6) is 5.75 Å². The zero-order valence-electron chi connectivity index (χ0n) is 12.0. The van der Waals surface area contributed by atoms with Gasteiger partial charge in [0.25, 0.3) is 0 Å². The Morgan fingerprint density at radius 1 is 1.25 bits per heavy atom. The summed E-state index contributed by atoms with van der Waals surface area (Å²) in [4.78, 5) is 6.43. The number of rotatable bonds is 4. The molecular weight excluding hydrogens is 248 g/mol. The minimum Gasteiger partial charge on any atom is -0.493 e. The summed E-state index contributed by atoms with van der Waals surface area (Å²) < 4.78 is 5.55. The Morgan fingerprint density at radius 2 is 2.05 bits per heavy atom. The van der Waals surface area contributed by atoms with Gasteiger partial charge < -0.3 is 4.74 Å². The molecule has 3 nitrogen and oxygen atoms in total. The highest BCUT2D eigenvalue weighted by atomic mass is 16.5. The second-order valence-corrected chi connectivity index (χ2v) is 5.41. The van der Waals surface area contributed by atoms with Gasteiger partial charge in [0, 0.05) is 31.4 Å². The van der Waals surface area contributed by atoms with Gasteiger partial charge in [-0.1, -0.05) is 12.1 Å². The lowest BCUT2D eigenvalue weighted by Crippen LogP contribution is -2.21. The smallest absolute Gasteiger partial charge is 0.122 e. The first-order valence-electron chi connectivity index (χ1n) is 7.09. The van der Waals surface area contributed by atoms with Gasteiger partial charge in [0.05, 0.1) is 6.61 Å². The van der Waals surface area contributed by atoms with E-state index in [1.54, 1.807) is 0 Å². The van der Waals surface area contributed by atoms with Gasteiger partial charge in [0.1, 0.15) is 5.75 Å². The molecule has 3 heteroatoms. The Balaban J connectivity index is 1.71. The van der Waals surface area contributed by atoms with E-state index in [2.05, 4.69) is 54.2 Å². The van der Waals surface area contributed by atoms with Gasteiger partial charge in [-0.3, -0.25) is 9.88 Å². The summed E-state index contributed by atoms with van der Waals surface area (Å²) in [6.07, 6.45) is 4.74. The topological polar surface area (TPSA) is 25.4 Å². The summed E-state index contributed by atoms with van der Waals surface area (Å²) in [5.74, 6) is 1.05. The second kappa shape index (κ2) is 5.63. The minimum absolute atomic E-state index is 0.377. The van der Waals surface area contributed by atoms with Gasteiger partial charge in [-0.25, -0.2) is 0 Å². The predicted molar refractivity (Wildman–Crippen MR) is 79.8 cm³/mol. The molecule has 3 rings (SSSR count). The van der Waals surface area contributed by atoms with E-state index in [9.17, 15) is 0 Å². The summed E-state index contributed by atoms with van der Waals surface area (Å²) in [6.45, 7) is 3.99. The van der Waals surface area contributed by atoms with E-state index in [0.717, 1.165) is 25.3 Å². The van der Waals surface area contributed by atoms with Crippen LogP contribution < -0.4 is 4.74 Å². The minimum atomic E-state index is 0.377. The van der Waals surface area contributed by atoms with Crippen LogP contribution in [0, 0.1) is 0 Å². The zero-order valence-corrected chi connectivity index (χ0v) is 12.0. The Bertz CT molecular complexity index is 583. The number of ether oxygens (including phenoxy) is 1. The van der Waals surface area contributed by atoms with Crippen LogP contribution in [0.1, 0.15) is 29.7 Å². The molecule has 0 bridgehead atoms. The highest BCUT2D eigenvalue weighted by Crippen LogP contribution is 2.27. The number of pyridine rings is 1. The van der Waals surface area contributed by atoms with Crippen molar-refractivity contribution in [3.05, 3.63) is 59.4 Å². The molecule has 0 unspecified atom stereocenters. The Labute approximate surface area is 120 Å². The number of benzene rings is 1. The van der Waals surface area contributed by atoms with Crippen molar-refractivity contribution < 1.29 is 4.74 Å². The number of fused-ring (bicyclic) bond motifs is 1. The molecule has 1 aromatic carbocycles. The van der Waals surface area contributed by atoms with Crippen LogP contribution in [-0.2, 0) is 13.0 Å². The molecular formula is C17H20N2O.